The number of pyridine rings is 8. The minimum absolute atomic E-state index is 0.111. The lowest BCUT2D eigenvalue weighted by atomic mass is 10.3. The van der Waals surface area contributed by atoms with Gasteiger partial charge < -0.3 is 32.2 Å². The Kier molecular flexibility index (Phi) is 23.2. The van der Waals surface area contributed by atoms with E-state index in [4.69, 9.17) is 33.4 Å². The first-order valence-electron chi connectivity index (χ1n) is 19.7. The molecule has 0 aromatic carbocycles. The van der Waals surface area contributed by atoms with E-state index in [0.717, 1.165) is 44.3 Å². The molecule has 0 bridgehead atoms. The molecule has 9 rings (SSSR count). The van der Waals surface area contributed by atoms with Crippen LogP contribution in [0.4, 0.5) is 63.1 Å². The third kappa shape index (κ3) is 17.2. The van der Waals surface area contributed by atoms with Crippen LogP contribution in [0.3, 0.4) is 0 Å². The van der Waals surface area contributed by atoms with Crippen molar-refractivity contribution in [2.45, 2.75) is 6.92 Å². The van der Waals surface area contributed by atoms with Crippen molar-refractivity contribution >= 4 is 68.1 Å². The number of nitriles is 1. The second-order valence-corrected chi connectivity index (χ2v) is 13.2. The maximum absolute atomic E-state index is 13.6. The molecule has 0 atom stereocenters. The van der Waals surface area contributed by atoms with Crippen LogP contribution in [-0.2, 0) is 0 Å². The number of nitrogens with zero attached hydrogens (tertiary/aromatic N) is 12. The van der Waals surface area contributed by atoms with Crippen molar-refractivity contribution in [1.29, 1.82) is 5.26 Å². The molecule has 0 radical (unpaired) electrons. The van der Waals surface area contributed by atoms with E-state index in [1.54, 1.807) is 30.6 Å². The lowest BCUT2D eigenvalue weighted by molar-refractivity contribution is -0.385. The second-order valence-electron chi connectivity index (χ2n) is 12.8. The number of hydrogen-bond donors (Lipinski definition) is 6. The van der Waals surface area contributed by atoms with Gasteiger partial charge in [0.2, 0.25) is 0 Å². The van der Waals surface area contributed by atoms with Gasteiger partial charge in [-0.1, -0.05) is 11.6 Å². The first-order valence-corrected chi connectivity index (χ1v) is 20.0. The highest BCUT2D eigenvalue weighted by Gasteiger charge is 2.15. The topological polar surface area (TPSA) is 347 Å². The standard InChI is InChI=1S/C11H7FN4O.C10H7FN4O2.C10H9FN4.C5H3ClN2O2.C5H5FN2.C2H3N.CH4O/c12-7-5-13-3-1-9(7)16-10-2-4-14-6-8(10)15-11(16)17;11-7-5-12-3-1-8(7)14-9-2-4-13-6-10(9)15(16)17;11-7-5-13-3-1-9(7)15-10-2-4-14-6-8(10)12;6-4-1-2-7-3-5(4)8(9)10;6-4-3-8-2-1-5(4)7;1-2-3;1-2/h1-6H,(H,15,17);1-6H,(H,12,13,14);1-6H,12H2,(H,13,14,15);1-3H;1-3H,(H2,7,8);1H3;2H,1H3. The summed E-state index contributed by atoms with van der Waals surface area (Å²) >= 11 is 5.44. The Hall–Kier alpha value is -10.1. The fourth-order valence-electron chi connectivity index (χ4n) is 5.04. The molecule has 8 N–H and O–H groups in total. The minimum atomic E-state index is -0.589. The molecule has 0 spiro atoms. The molecule has 0 amide bonds. The number of nitrogens with one attached hydrogen (secondary N) is 3. The molecule has 0 saturated heterocycles. The summed E-state index contributed by atoms with van der Waals surface area (Å²) in [4.78, 5) is 63.3. The zero-order valence-corrected chi connectivity index (χ0v) is 38.0. The van der Waals surface area contributed by atoms with Crippen molar-refractivity contribution in [3.63, 3.8) is 0 Å². The van der Waals surface area contributed by atoms with E-state index in [1.807, 2.05) is 0 Å². The number of rotatable bonds is 7. The third-order valence-electron chi connectivity index (χ3n) is 8.16. The fraction of sp³-hybridized carbons (Fsp3) is 0.0455. The Morgan fingerprint density at radius 3 is 1.49 bits per heavy atom. The van der Waals surface area contributed by atoms with Crippen LogP contribution in [0.2, 0.25) is 5.02 Å². The van der Waals surface area contributed by atoms with E-state index in [-0.39, 0.29) is 39.1 Å². The van der Waals surface area contributed by atoms with Crippen LogP contribution in [0.5, 0.6) is 0 Å². The van der Waals surface area contributed by atoms with Gasteiger partial charge >= 0.3 is 17.1 Å². The van der Waals surface area contributed by atoms with Gasteiger partial charge in [0.05, 0.1) is 98.3 Å². The first-order chi connectivity index (χ1) is 34.7. The molecule has 23 nitrogen and oxygen atoms in total. The molecule has 370 valence electrons. The summed E-state index contributed by atoms with van der Waals surface area (Å²) in [7, 11) is 1.00. The van der Waals surface area contributed by atoms with Crippen molar-refractivity contribution in [2.24, 2.45) is 0 Å². The van der Waals surface area contributed by atoms with Crippen LogP contribution in [0.1, 0.15) is 6.92 Å². The van der Waals surface area contributed by atoms with Crippen molar-refractivity contribution in [1.82, 2.24) is 49.4 Å². The number of halogens is 5. The van der Waals surface area contributed by atoms with Crippen LogP contribution in [0.25, 0.3) is 16.7 Å². The summed E-state index contributed by atoms with van der Waals surface area (Å²) in [6.45, 7) is 1.43. The number of aliphatic hydroxyl groups excluding tert-OH is 1. The molecule has 0 unspecified atom stereocenters. The highest BCUT2D eigenvalue weighted by atomic mass is 35.5. The number of H-pyrrole nitrogens is 1. The second kappa shape index (κ2) is 29.6. The van der Waals surface area contributed by atoms with Gasteiger partial charge in [-0.05, 0) is 48.5 Å². The molecule has 0 saturated carbocycles. The minimum Gasteiger partial charge on any atom is -0.400 e. The highest BCUT2D eigenvalue weighted by Crippen LogP contribution is 2.27. The number of imidazole rings is 1. The molecule has 0 fully saturated rings. The number of aromatic amines is 1. The average molecular weight is 1010 g/mol. The van der Waals surface area contributed by atoms with E-state index < -0.39 is 38.8 Å². The molecule has 0 aliphatic carbocycles. The predicted molar refractivity (Wildman–Crippen MR) is 258 cm³/mol. The molecule has 9 aromatic rings. The van der Waals surface area contributed by atoms with E-state index in [9.17, 15) is 42.6 Å². The Bertz CT molecular complexity index is 3210. The van der Waals surface area contributed by atoms with E-state index in [2.05, 4.69) is 55.5 Å². The monoisotopic (exact) mass is 1010 g/mol. The van der Waals surface area contributed by atoms with Gasteiger partial charge in [0.25, 0.3) is 0 Å². The predicted octanol–water partition coefficient (Wildman–Crippen LogP) is 8.04. The van der Waals surface area contributed by atoms with Crippen molar-refractivity contribution < 1.29 is 32.5 Å². The Labute approximate surface area is 408 Å². The first kappa shape index (κ1) is 56.3. The Balaban J connectivity index is 0.000000237. The fourth-order valence-corrected chi connectivity index (χ4v) is 5.21. The van der Waals surface area contributed by atoms with E-state index in [0.29, 0.717) is 28.1 Å². The van der Waals surface area contributed by atoms with Crippen molar-refractivity contribution in [2.75, 3.05) is 29.2 Å². The summed E-state index contributed by atoms with van der Waals surface area (Å²) in [5.41, 5.74) is 13.1. The number of fused-ring (bicyclic) bond motifs is 1. The van der Waals surface area contributed by atoms with Crippen LogP contribution in [-0.4, -0.2) is 71.5 Å². The quantitative estimate of drug-likeness (QED) is 0.0499. The molecule has 28 heteroatoms. The van der Waals surface area contributed by atoms with Gasteiger partial charge in [0, 0.05) is 63.6 Å². The average Bonchev–Trinajstić information content (AvgIpc) is 3.72. The normalized spacial score (nSPS) is 9.49. The third-order valence-corrected chi connectivity index (χ3v) is 8.48. The maximum atomic E-state index is 13.6. The van der Waals surface area contributed by atoms with E-state index in [1.165, 1.54) is 97.5 Å². The lowest BCUT2D eigenvalue weighted by Crippen LogP contribution is -2.15. The van der Waals surface area contributed by atoms with Gasteiger partial charge in [-0.25, -0.2) is 22.4 Å². The Morgan fingerprint density at radius 2 is 1.01 bits per heavy atom. The van der Waals surface area contributed by atoms with Crippen molar-refractivity contribution in [3.8, 4) is 11.8 Å². The summed E-state index contributed by atoms with van der Waals surface area (Å²) in [5, 5.41) is 40.7. The number of anilines is 6. The molecule has 72 heavy (non-hydrogen) atoms. The Morgan fingerprint density at radius 1 is 0.597 bits per heavy atom. The number of hydrogen-bond acceptors (Lipinski definition) is 19. The molecule has 0 aliphatic heterocycles. The van der Waals surface area contributed by atoms with Crippen LogP contribution in [0, 0.1) is 54.8 Å². The molecular weight excluding hydrogens is 974 g/mol. The number of nitro groups is 2. The molecule has 9 aromatic heterocycles. The largest absolute Gasteiger partial charge is 0.400 e. The SMILES string of the molecule is CC#N.CO.Nc1ccncc1F.Nc1cnccc1Nc1ccncc1F.O=[N+]([O-])c1cnccc1Cl.O=[N+]([O-])c1cnccc1Nc1ccncc1F.O=c1[nH]c2cnccc2n1-c1ccncc1F. The van der Waals surface area contributed by atoms with Crippen molar-refractivity contribution in [3.05, 3.63) is 207 Å². The number of aromatic nitrogens is 10. The molecular formula is C44H38ClF4N17O6. The van der Waals surface area contributed by atoms with Crippen LogP contribution >= 0.6 is 11.6 Å². The lowest BCUT2D eigenvalue weighted by Gasteiger charge is -2.08. The van der Waals surface area contributed by atoms with Gasteiger partial charge in [-0.2, -0.15) is 5.26 Å². The van der Waals surface area contributed by atoms with Crippen LogP contribution in [0.15, 0.2) is 152 Å². The van der Waals surface area contributed by atoms with Gasteiger partial charge in [-0.15, -0.1) is 0 Å². The summed E-state index contributed by atoms with van der Waals surface area (Å²) in [6.07, 6.45) is 21.2. The van der Waals surface area contributed by atoms with Gasteiger partial charge in [0.1, 0.15) is 23.1 Å². The molecule has 0 aliphatic rings. The molecule has 9 heterocycles. The van der Waals surface area contributed by atoms with Gasteiger partial charge in [0.15, 0.2) is 23.3 Å². The van der Waals surface area contributed by atoms with Crippen LogP contribution < -0.4 is 27.8 Å². The zero-order chi connectivity index (χ0) is 53.0. The summed E-state index contributed by atoms with van der Waals surface area (Å²) < 4.78 is 53.5. The summed E-state index contributed by atoms with van der Waals surface area (Å²) in [5.74, 6) is -2.02. The number of nitrogen functional groups attached to an aromatic ring is 2. The highest BCUT2D eigenvalue weighted by molar-refractivity contribution is 6.32. The van der Waals surface area contributed by atoms with Gasteiger partial charge in [-0.3, -0.25) is 64.7 Å². The zero-order valence-electron chi connectivity index (χ0n) is 37.3. The maximum Gasteiger partial charge on any atom is 0.331 e. The smallest absolute Gasteiger partial charge is 0.331 e. The number of aliphatic hydroxyl groups is 1. The van der Waals surface area contributed by atoms with E-state index >= 15 is 0 Å². The summed E-state index contributed by atoms with van der Waals surface area (Å²) in [6, 6.07) is 13.6. The number of nitrogens with two attached hydrogens (primary N) is 2.